The van der Waals surface area contributed by atoms with Crippen LogP contribution in [-0.4, -0.2) is 29.1 Å². The van der Waals surface area contributed by atoms with Crippen molar-refractivity contribution in [1.82, 2.24) is 4.90 Å². The second kappa shape index (κ2) is 8.81. The number of phenols is 1. The van der Waals surface area contributed by atoms with Gasteiger partial charge in [0.2, 0.25) is 0 Å². The van der Waals surface area contributed by atoms with Gasteiger partial charge in [0.05, 0.1) is 0 Å². The largest absolute Gasteiger partial charge is 0.505 e. The molecule has 3 rings (SSSR count). The van der Waals surface area contributed by atoms with Crippen molar-refractivity contribution >= 4 is 17.0 Å². The summed E-state index contributed by atoms with van der Waals surface area (Å²) in [5.74, 6) is -0.572. The maximum absolute atomic E-state index is 13.9. The zero-order chi connectivity index (χ0) is 17.1. The van der Waals surface area contributed by atoms with E-state index in [-0.39, 0.29) is 28.6 Å². The zero-order valence-electron chi connectivity index (χ0n) is 14.9. The maximum Gasteiger partial charge on any atom is 0.165 e. The highest BCUT2D eigenvalue weighted by atomic mass is 79.9. The van der Waals surface area contributed by atoms with Crippen molar-refractivity contribution in [2.24, 2.45) is 0 Å². The van der Waals surface area contributed by atoms with Crippen molar-refractivity contribution in [3.05, 3.63) is 65.0 Å². The molecular weight excluding hydrogens is 381 g/mol. The quantitative estimate of drug-likeness (QED) is 0.702. The van der Waals surface area contributed by atoms with Crippen LogP contribution in [0.1, 0.15) is 49.3 Å². The molecule has 136 valence electrons. The minimum absolute atomic E-state index is 0. The first kappa shape index (κ1) is 19.9. The predicted octanol–water partition coefficient (Wildman–Crippen LogP) is 5.29. The lowest BCUT2D eigenvalue weighted by atomic mass is 9.89. The number of rotatable bonds is 6. The van der Waals surface area contributed by atoms with Crippen molar-refractivity contribution in [2.45, 2.75) is 45.1 Å². The Balaban J connectivity index is 0.00000225. The number of aromatic hydroxyl groups is 1. The van der Waals surface area contributed by atoms with Gasteiger partial charge < -0.3 is 5.11 Å². The standard InChI is InChI=1S/C21H26FNO.BrH/c1-3-10-23(11-4-2)19-13-16-12-18(22)20(24)14-17(16)21(19)15-8-6-5-7-9-15;/h5-9,12,14,19,21,24H,3-4,10-11,13H2,1-2H3;1H/t19-,21-;/m1./s1. The molecule has 2 atom stereocenters. The Hall–Kier alpha value is -1.39. The van der Waals surface area contributed by atoms with Crippen LogP contribution in [0, 0.1) is 5.82 Å². The molecular formula is C21H27BrFNO. The minimum atomic E-state index is -0.515. The Morgan fingerprint density at radius 1 is 1.08 bits per heavy atom. The molecule has 0 spiro atoms. The first-order valence-corrected chi connectivity index (χ1v) is 8.96. The molecule has 0 amide bonds. The molecule has 1 aliphatic rings. The van der Waals surface area contributed by atoms with Crippen molar-refractivity contribution in [1.29, 1.82) is 0 Å². The molecule has 0 saturated heterocycles. The third-order valence-corrected chi connectivity index (χ3v) is 5.01. The summed E-state index contributed by atoms with van der Waals surface area (Å²) in [7, 11) is 0. The van der Waals surface area contributed by atoms with E-state index < -0.39 is 5.82 Å². The third kappa shape index (κ3) is 4.06. The van der Waals surface area contributed by atoms with Gasteiger partial charge in [-0.15, -0.1) is 17.0 Å². The Bertz CT molecular complexity index is 686. The Morgan fingerprint density at radius 3 is 2.32 bits per heavy atom. The van der Waals surface area contributed by atoms with Gasteiger partial charge in [0.25, 0.3) is 0 Å². The Morgan fingerprint density at radius 2 is 1.72 bits per heavy atom. The molecule has 0 saturated carbocycles. The highest BCUT2D eigenvalue weighted by Gasteiger charge is 2.37. The molecule has 0 radical (unpaired) electrons. The number of fused-ring (bicyclic) bond motifs is 1. The zero-order valence-corrected chi connectivity index (χ0v) is 16.6. The van der Waals surface area contributed by atoms with E-state index in [1.165, 1.54) is 11.6 Å². The van der Waals surface area contributed by atoms with E-state index in [0.717, 1.165) is 43.5 Å². The number of nitrogens with zero attached hydrogens (tertiary/aromatic N) is 1. The van der Waals surface area contributed by atoms with Crippen LogP contribution in [0.25, 0.3) is 0 Å². The fourth-order valence-electron chi connectivity index (χ4n) is 4.06. The summed E-state index contributed by atoms with van der Waals surface area (Å²) in [5.41, 5.74) is 3.34. The number of hydrogen-bond donors (Lipinski definition) is 1. The smallest absolute Gasteiger partial charge is 0.165 e. The van der Waals surface area contributed by atoms with Crippen molar-refractivity contribution < 1.29 is 9.50 Å². The van der Waals surface area contributed by atoms with Crippen LogP contribution in [0.3, 0.4) is 0 Å². The third-order valence-electron chi connectivity index (χ3n) is 5.01. The molecule has 0 unspecified atom stereocenters. The lowest BCUT2D eigenvalue weighted by Crippen LogP contribution is -2.39. The van der Waals surface area contributed by atoms with E-state index in [0.29, 0.717) is 6.04 Å². The first-order valence-electron chi connectivity index (χ1n) is 8.96. The lowest BCUT2D eigenvalue weighted by Gasteiger charge is -2.33. The average Bonchev–Trinajstić information content (AvgIpc) is 2.94. The fourth-order valence-corrected chi connectivity index (χ4v) is 4.06. The highest BCUT2D eigenvalue weighted by Crippen LogP contribution is 2.43. The van der Waals surface area contributed by atoms with E-state index in [4.69, 9.17) is 0 Å². The van der Waals surface area contributed by atoms with Gasteiger partial charge in [-0.05, 0) is 61.2 Å². The normalized spacial score (nSPS) is 18.9. The van der Waals surface area contributed by atoms with Crippen molar-refractivity contribution in [3.63, 3.8) is 0 Å². The molecule has 4 heteroatoms. The van der Waals surface area contributed by atoms with Gasteiger partial charge in [0, 0.05) is 12.0 Å². The monoisotopic (exact) mass is 407 g/mol. The van der Waals surface area contributed by atoms with E-state index in [1.54, 1.807) is 6.07 Å². The second-order valence-electron chi connectivity index (χ2n) is 6.70. The van der Waals surface area contributed by atoms with Crippen LogP contribution in [0.4, 0.5) is 4.39 Å². The molecule has 2 nitrogen and oxygen atoms in total. The predicted molar refractivity (Wildman–Crippen MR) is 106 cm³/mol. The fraction of sp³-hybridized carbons (Fsp3) is 0.429. The van der Waals surface area contributed by atoms with Crippen LogP contribution in [0.2, 0.25) is 0 Å². The van der Waals surface area contributed by atoms with E-state index in [1.807, 2.05) is 6.07 Å². The second-order valence-corrected chi connectivity index (χ2v) is 6.70. The Labute approximate surface area is 160 Å². The summed E-state index contributed by atoms with van der Waals surface area (Å²) < 4.78 is 13.9. The van der Waals surface area contributed by atoms with E-state index in [2.05, 4.69) is 43.0 Å². The van der Waals surface area contributed by atoms with Gasteiger partial charge in [-0.1, -0.05) is 44.2 Å². The maximum atomic E-state index is 13.9. The van der Waals surface area contributed by atoms with Gasteiger partial charge in [-0.25, -0.2) is 4.39 Å². The van der Waals surface area contributed by atoms with Gasteiger partial charge in [0.15, 0.2) is 11.6 Å². The summed E-state index contributed by atoms with van der Waals surface area (Å²) in [5, 5.41) is 9.89. The topological polar surface area (TPSA) is 23.5 Å². The number of hydrogen-bond acceptors (Lipinski definition) is 2. The van der Waals surface area contributed by atoms with Gasteiger partial charge in [-0.2, -0.15) is 0 Å². The molecule has 0 aliphatic heterocycles. The molecule has 2 aromatic rings. The first-order chi connectivity index (χ1) is 11.7. The van der Waals surface area contributed by atoms with Crippen LogP contribution >= 0.6 is 17.0 Å². The van der Waals surface area contributed by atoms with Crippen LogP contribution in [-0.2, 0) is 6.42 Å². The molecule has 2 aromatic carbocycles. The van der Waals surface area contributed by atoms with Gasteiger partial charge in [-0.3, -0.25) is 4.90 Å². The summed E-state index contributed by atoms with van der Waals surface area (Å²) in [6.07, 6.45) is 3.05. The molecule has 1 N–H and O–H groups in total. The van der Waals surface area contributed by atoms with Crippen LogP contribution in [0.15, 0.2) is 42.5 Å². The molecule has 0 bridgehead atoms. The summed E-state index contributed by atoms with van der Waals surface area (Å²) in [6, 6.07) is 13.9. The lowest BCUT2D eigenvalue weighted by molar-refractivity contribution is 0.189. The van der Waals surface area contributed by atoms with Crippen molar-refractivity contribution in [2.75, 3.05) is 13.1 Å². The molecule has 0 fully saturated rings. The number of halogens is 2. The molecule has 0 heterocycles. The van der Waals surface area contributed by atoms with Gasteiger partial charge in [0.1, 0.15) is 0 Å². The number of benzene rings is 2. The molecule has 0 aromatic heterocycles. The summed E-state index contributed by atoms with van der Waals surface area (Å²) in [6.45, 7) is 6.50. The average molecular weight is 408 g/mol. The number of phenolic OH excluding ortho intramolecular Hbond substituents is 1. The Kier molecular flexibility index (Phi) is 7.03. The van der Waals surface area contributed by atoms with Crippen LogP contribution < -0.4 is 0 Å². The van der Waals surface area contributed by atoms with E-state index >= 15 is 0 Å². The summed E-state index contributed by atoms with van der Waals surface area (Å²) in [4.78, 5) is 2.53. The van der Waals surface area contributed by atoms with Gasteiger partial charge >= 0.3 is 0 Å². The molecule has 25 heavy (non-hydrogen) atoms. The van der Waals surface area contributed by atoms with Crippen LogP contribution in [0.5, 0.6) is 5.75 Å². The van der Waals surface area contributed by atoms with E-state index in [9.17, 15) is 9.50 Å². The SMILES string of the molecule is Br.CCCN(CCC)[C@@H]1Cc2cc(F)c(O)cc2[C@H]1c1ccccc1. The highest BCUT2D eigenvalue weighted by molar-refractivity contribution is 8.93. The molecule has 1 aliphatic carbocycles. The van der Waals surface area contributed by atoms with Crippen molar-refractivity contribution in [3.8, 4) is 5.75 Å². The minimum Gasteiger partial charge on any atom is -0.505 e. The summed E-state index contributed by atoms with van der Waals surface area (Å²) >= 11 is 0.